The lowest BCUT2D eigenvalue weighted by atomic mass is 9.83. The van der Waals surface area contributed by atoms with Crippen molar-refractivity contribution in [1.82, 2.24) is 15.5 Å². The number of morpholine rings is 1. The average Bonchev–Trinajstić information content (AvgIpc) is 3.21. The van der Waals surface area contributed by atoms with Gasteiger partial charge in [-0.25, -0.2) is 0 Å². The lowest BCUT2D eigenvalue weighted by molar-refractivity contribution is 0.00271. The summed E-state index contributed by atoms with van der Waals surface area (Å²) in [6.45, 7) is 11.2. The molecule has 28 heavy (non-hydrogen) atoms. The van der Waals surface area contributed by atoms with Crippen LogP contribution < -0.4 is 10.6 Å². The van der Waals surface area contributed by atoms with Gasteiger partial charge in [-0.05, 0) is 30.6 Å². The fourth-order valence-corrected chi connectivity index (χ4v) is 4.99. The summed E-state index contributed by atoms with van der Waals surface area (Å²) in [7, 11) is 3.69. The third kappa shape index (κ3) is 6.89. The molecule has 2 fully saturated rings. The Morgan fingerprint density at radius 1 is 1.14 bits per heavy atom. The topological polar surface area (TPSA) is 58.1 Å². The van der Waals surface area contributed by atoms with E-state index in [1.54, 1.807) is 7.11 Å². The Morgan fingerprint density at radius 3 is 2.39 bits per heavy atom. The lowest BCUT2D eigenvalue weighted by Gasteiger charge is -2.39. The summed E-state index contributed by atoms with van der Waals surface area (Å²) in [6.07, 6.45) is 8.84. The highest BCUT2D eigenvalue weighted by molar-refractivity contribution is 5.79. The van der Waals surface area contributed by atoms with E-state index in [1.165, 1.54) is 38.5 Å². The van der Waals surface area contributed by atoms with Gasteiger partial charge in [-0.2, -0.15) is 0 Å². The highest BCUT2D eigenvalue weighted by atomic mass is 16.5. The minimum absolute atomic E-state index is 0.368. The molecule has 0 spiro atoms. The number of nitrogens with one attached hydrogen (secondary N) is 2. The first kappa shape index (κ1) is 23.4. The van der Waals surface area contributed by atoms with Gasteiger partial charge in [-0.3, -0.25) is 9.89 Å². The second-order valence-corrected chi connectivity index (χ2v) is 8.55. The van der Waals surface area contributed by atoms with Crippen molar-refractivity contribution >= 4 is 5.96 Å². The first-order valence-corrected chi connectivity index (χ1v) is 11.4. The van der Waals surface area contributed by atoms with Gasteiger partial charge in [0.1, 0.15) is 0 Å². The third-order valence-electron chi connectivity index (χ3n) is 6.94. The van der Waals surface area contributed by atoms with Crippen molar-refractivity contribution < 1.29 is 9.47 Å². The summed E-state index contributed by atoms with van der Waals surface area (Å²) in [5.74, 6) is 1.64. The molecule has 0 amide bonds. The normalized spacial score (nSPS) is 21.8. The van der Waals surface area contributed by atoms with Crippen LogP contribution >= 0.6 is 0 Å². The van der Waals surface area contributed by atoms with Crippen molar-refractivity contribution in [2.45, 2.75) is 64.8 Å². The van der Waals surface area contributed by atoms with E-state index >= 15 is 0 Å². The van der Waals surface area contributed by atoms with Crippen molar-refractivity contribution in [3.63, 3.8) is 0 Å². The van der Waals surface area contributed by atoms with Crippen LogP contribution in [0, 0.1) is 11.3 Å². The predicted molar refractivity (Wildman–Crippen MR) is 117 cm³/mol. The molecule has 164 valence electrons. The highest BCUT2D eigenvalue weighted by Crippen LogP contribution is 2.40. The highest BCUT2D eigenvalue weighted by Gasteiger charge is 2.33. The van der Waals surface area contributed by atoms with Gasteiger partial charge in [-0.1, -0.05) is 39.5 Å². The molecule has 1 heterocycles. The summed E-state index contributed by atoms with van der Waals surface area (Å²) in [5, 5.41) is 7.27. The van der Waals surface area contributed by atoms with Crippen LogP contribution in [-0.4, -0.2) is 77.1 Å². The molecule has 1 saturated heterocycles. The third-order valence-corrected chi connectivity index (χ3v) is 6.94. The van der Waals surface area contributed by atoms with E-state index in [4.69, 9.17) is 9.47 Å². The van der Waals surface area contributed by atoms with Crippen molar-refractivity contribution in [1.29, 1.82) is 0 Å². The largest absolute Gasteiger partial charge is 0.385 e. The molecule has 2 rings (SSSR count). The van der Waals surface area contributed by atoms with Crippen molar-refractivity contribution in [3.8, 4) is 0 Å². The van der Waals surface area contributed by atoms with Crippen LogP contribution in [0.2, 0.25) is 0 Å². The maximum Gasteiger partial charge on any atom is 0.191 e. The quantitative estimate of drug-likeness (QED) is 0.415. The zero-order valence-electron chi connectivity index (χ0n) is 18.8. The molecule has 6 heteroatoms. The molecule has 1 saturated carbocycles. The first-order chi connectivity index (χ1) is 13.7. The van der Waals surface area contributed by atoms with E-state index < -0.39 is 0 Å². The number of guanidine groups is 1. The van der Waals surface area contributed by atoms with Gasteiger partial charge in [0.05, 0.1) is 13.2 Å². The van der Waals surface area contributed by atoms with E-state index in [1.807, 2.05) is 7.05 Å². The fraction of sp³-hybridized carbons (Fsp3) is 0.955. The molecule has 6 nitrogen and oxygen atoms in total. The number of aliphatic imine (C=N–C) groups is 1. The molecule has 1 aliphatic carbocycles. The van der Waals surface area contributed by atoms with E-state index in [2.05, 4.69) is 34.4 Å². The number of rotatable bonds is 11. The van der Waals surface area contributed by atoms with Crippen molar-refractivity contribution in [3.05, 3.63) is 0 Å². The van der Waals surface area contributed by atoms with Crippen molar-refractivity contribution in [2.24, 2.45) is 16.3 Å². The molecule has 1 unspecified atom stereocenters. The number of nitrogens with zero attached hydrogens (tertiary/aromatic N) is 2. The summed E-state index contributed by atoms with van der Waals surface area (Å²) >= 11 is 0. The van der Waals surface area contributed by atoms with E-state index in [9.17, 15) is 0 Å². The molecule has 0 aromatic carbocycles. The summed E-state index contributed by atoms with van der Waals surface area (Å²) < 4.78 is 10.9. The lowest BCUT2D eigenvalue weighted by Crippen LogP contribution is -2.54. The molecule has 2 aliphatic rings. The van der Waals surface area contributed by atoms with Crippen LogP contribution in [0.4, 0.5) is 0 Å². The van der Waals surface area contributed by atoms with Crippen LogP contribution in [0.1, 0.15) is 58.8 Å². The van der Waals surface area contributed by atoms with E-state index in [0.29, 0.717) is 17.4 Å². The van der Waals surface area contributed by atoms with Gasteiger partial charge in [0, 0.05) is 53.0 Å². The Bertz CT molecular complexity index is 442. The van der Waals surface area contributed by atoms with Gasteiger partial charge in [0.2, 0.25) is 0 Å². The van der Waals surface area contributed by atoms with Gasteiger partial charge >= 0.3 is 0 Å². The minimum Gasteiger partial charge on any atom is -0.385 e. The second-order valence-electron chi connectivity index (χ2n) is 8.55. The van der Waals surface area contributed by atoms with E-state index in [0.717, 1.165) is 58.4 Å². The summed E-state index contributed by atoms with van der Waals surface area (Å²) in [6, 6.07) is 0.534. The Balaban J connectivity index is 1.90. The summed E-state index contributed by atoms with van der Waals surface area (Å²) in [5.41, 5.74) is 0.368. The smallest absolute Gasteiger partial charge is 0.191 e. The average molecular weight is 397 g/mol. The van der Waals surface area contributed by atoms with Crippen LogP contribution in [-0.2, 0) is 9.47 Å². The number of hydrogen-bond donors (Lipinski definition) is 2. The molecule has 1 atom stereocenters. The zero-order chi connectivity index (χ0) is 20.2. The predicted octanol–water partition coefficient (Wildman–Crippen LogP) is 2.89. The molecule has 0 bridgehead atoms. The first-order valence-electron chi connectivity index (χ1n) is 11.4. The minimum atomic E-state index is 0.368. The van der Waals surface area contributed by atoms with Gasteiger partial charge in [0.15, 0.2) is 5.96 Å². The molecule has 1 aliphatic heterocycles. The molecule has 0 aromatic heterocycles. The molecule has 0 aromatic rings. The zero-order valence-corrected chi connectivity index (χ0v) is 18.8. The Hall–Kier alpha value is -0.850. The number of ether oxygens (including phenoxy) is 2. The monoisotopic (exact) mass is 396 g/mol. The second kappa shape index (κ2) is 12.7. The van der Waals surface area contributed by atoms with Crippen LogP contribution in [0.25, 0.3) is 0 Å². The molecule has 0 radical (unpaired) electrons. The van der Waals surface area contributed by atoms with Crippen LogP contribution in [0.15, 0.2) is 4.99 Å². The maximum absolute atomic E-state index is 5.57. The van der Waals surface area contributed by atoms with Gasteiger partial charge in [-0.15, -0.1) is 0 Å². The van der Waals surface area contributed by atoms with Crippen LogP contribution in [0.5, 0.6) is 0 Å². The Kier molecular flexibility index (Phi) is 10.6. The maximum atomic E-state index is 5.57. The van der Waals surface area contributed by atoms with E-state index in [-0.39, 0.29) is 0 Å². The van der Waals surface area contributed by atoms with Crippen molar-refractivity contribution in [2.75, 3.05) is 60.2 Å². The molecular weight excluding hydrogens is 352 g/mol. The Labute approximate surface area is 172 Å². The number of methoxy groups -OCH3 is 1. The van der Waals surface area contributed by atoms with Gasteiger partial charge in [0.25, 0.3) is 0 Å². The Morgan fingerprint density at radius 2 is 1.82 bits per heavy atom. The van der Waals surface area contributed by atoms with Crippen LogP contribution in [0.3, 0.4) is 0 Å². The SMILES string of the molecule is CCC(CC)C(CNC(=NC)NCC1(CCOC)CCCC1)N1CCOCC1. The standard InChI is InChI=1S/C22H44N4O2/c1-5-19(6-2)20(26-12-15-28-16-13-26)17-24-21(23-3)25-18-22(11-14-27-4)9-7-8-10-22/h19-20H,5-18H2,1-4H3,(H2,23,24,25). The number of hydrogen-bond acceptors (Lipinski definition) is 4. The molecular formula is C22H44N4O2. The van der Waals surface area contributed by atoms with Gasteiger partial charge < -0.3 is 20.1 Å². The summed E-state index contributed by atoms with van der Waals surface area (Å²) in [4.78, 5) is 7.12. The molecule has 2 N–H and O–H groups in total. The fourth-order valence-electron chi connectivity index (χ4n) is 4.99.